The molecule has 0 unspecified atom stereocenters. The van der Waals surface area contributed by atoms with E-state index in [1.807, 2.05) is 0 Å². The number of hydrogen-bond acceptors (Lipinski definition) is 8. The minimum atomic E-state index is -4.43. The summed E-state index contributed by atoms with van der Waals surface area (Å²) in [4.78, 5) is 35.5. The van der Waals surface area contributed by atoms with Crippen LogP contribution in [-0.4, -0.2) is 43.5 Å². The van der Waals surface area contributed by atoms with Crippen LogP contribution in [0.3, 0.4) is 0 Å². The van der Waals surface area contributed by atoms with Crippen LogP contribution in [0.4, 0.5) is 5.69 Å². The van der Waals surface area contributed by atoms with Gasteiger partial charge in [0.1, 0.15) is 5.56 Å². The molecule has 10 nitrogen and oxygen atoms in total. The molecule has 0 saturated heterocycles. The van der Waals surface area contributed by atoms with E-state index in [2.05, 4.69) is 9.47 Å². The van der Waals surface area contributed by atoms with E-state index < -0.39 is 43.8 Å². The molecule has 0 spiro atoms. The number of fused-ring (bicyclic) bond motifs is 1. The van der Waals surface area contributed by atoms with Gasteiger partial charge in [-0.3, -0.25) is 10.1 Å². The van der Waals surface area contributed by atoms with Crippen molar-refractivity contribution < 1.29 is 32.4 Å². The minimum absolute atomic E-state index is 0.190. The number of aromatic nitrogens is 1. The van der Waals surface area contributed by atoms with Gasteiger partial charge in [-0.2, -0.15) is 0 Å². The van der Waals surface area contributed by atoms with Crippen LogP contribution in [0.2, 0.25) is 0 Å². The van der Waals surface area contributed by atoms with Gasteiger partial charge in [0, 0.05) is 6.07 Å². The number of nitrogens with zero attached hydrogens (tertiary/aromatic N) is 2. The van der Waals surface area contributed by atoms with Gasteiger partial charge in [0.05, 0.1) is 34.9 Å². The van der Waals surface area contributed by atoms with Gasteiger partial charge in [0.2, 0.25) is 0 Å². The first kappa shape index (κ1) is 20.0. The van der Waals surface area contributed by atoms with Crippen LogP contribution in [0.15, 0.2) is 53.4 Å². The second-order valence-electron chi connectivity index (χ2n) is 5.72. The highest BCUT2D eigenvalue weighted by atomic mass is 32.2. The molecule has 1 aromatic heterocycles. The molecular formula is C18H14N2O8S. The van der Waals surface area contributed by atoms with E-state index in [-0.39, 0.29) is 15.8 Å². The smallest absolute Gasteiger partial charge is 0.356 e. The van der Waals surface area contributed by atoms with Gasteiger partial charge in [-0.05, 0) is 18.2 Å². The Morgan fingerprint density at radius 3 is 2.14 bits per heavy atom. The van der Waals surface area contributed by atoms with E-state index in [4.69, 9.17) is 0 Å². The molecule has 0 aliphatic carbocycles. The zero-order valence-corrected chi connectivity index (χ0v) is 16.0. The molecular weight excluding hydrogens is 404 g/mol. The topological polar surface area (TPSA) is 135 Å². The fourth-order valence-corrected chi connectivity index (χ4v) is 4.51. The summed E-state index contributed by atoms with van der Waals surface area (Å²) in [5.41, 5.74) is -2.05. The van der Waals surface area contributed by atoms with Gasteiger partial charge in [-0.1, -0.05) is 24.3 Å². The molecule has 3 rings (SSSR count). The number of methoxy groups -OCH3 is 2. The molecule has 2 aromatic carbocycles. The molecule has 11 heteroatoms. The van der Waals surface area contributed by atoms with Gasteiger partial charge in [0.25, 0.3) is 15.7 Å². The third kappa shape index (κ3) is 3.10. The summed E-state index contributed by atoms with van der Waals surface area (Å²) in [7, 11) is -2.43. The molecule has 0 bridgehead atoms. The van der Waals surface area contributed by atoms with Crippen molar-refractivity contribution in [1.82, 2.24) is 3.97 Å². The Bertz CT molecular complexity index is 1250. The van der Waals surface area contributed by atoms with Gasteiger partial charge in [0.15, 0.2) is 5.69 Å². The van der Waals surface area contributed by atoms with Crippen molar-refractivity contribution in [2.24, 2.45) is 0 Å². The molecule has 0 aliphatic heterocycles. The molecule has 3 aromatic rings. The first-order chi connectivity index (χ1) is 13.8. The highest BCUT2D eigenvalue weighted by Crippen LogP contribution is 2.36. The lowest BCUT2D eigenvalue weighted by Crippen LogP contribution is -2.21. The van der Waals surface area contributed by atoms with Crippen molar-refractivity contribution in [3.8, 4) is 0 Å². The van der Waals surface area contributed by atoms with E-state index >= 15 is 0 Å². The zero-order chi connectivity index (χ0) is 21.3. The Kier molecular flexibility index (Phi) is 5.08. The SMILES string of the molecule is COC(=O)c1c(C(=O)OC)n(S(=O)(=O)c2ccccc2)c2cccc([N+](=O)[O-])c12. The Labute approximate surface area is 164 Å². The maximum Gasteiger partial charge on any atom is 0.356 e. The predicted octanol–water partition coefficient (Wildman–Crippen LogP) is 2.36. The molecule has 0 amide bonds. The second kappa shape index (κ2) is 7.36. The molecule has 0 saturated carbocycles. The van der Waals surface area contributed by atoms with Crippen LogP contribution in [0.1, 0.15) is 20.8 Å². The normalized spacial score (nSPS) is 11.2. The number of carbonyl (C=O) groups is 2. The first-order valence-corrected chi connectivity index (χ1v) is 9.48. The van der Waals surface area contributed by atoms with E-state index in [9.17, 15) is 28.1 Å². The standard InChI is InChI=1S/C18H14N2O8S/c1-27-17(21)15-14-12(9-6-10-13(14)20(23)24)19(16(15)18(22)28-2)29(25,26)11-7-4-3-5-8-11/h3-10H,1-2H3. The monoisotopic (exact) mass is 418 g/mol. The third-order valence-electron chi connectivity index (χ3n) is 4.18. The molecule has 0 aliphatic rings. The number of esters is 2. The fourth-order valence-electron chi connectivity index (χ4n) is 2.98. The zero-order valence-electron chi connectivity index (χ0n) is 15.2. The maximum atomic E-state index is 13.3. The molecule has 0 N–H and O–H groups in total. The highest BCUT2D eigenvalue weighted by molar-refractivity contribution is 7.90. The Morgan fingerprint density at radius 1 is 0.966 bits per heavy atom. The summed E-state index contributed by atoms with van der Waals surface area (Å²) in [6.45, 7) is 0. The van der Waals surface area contributed by atoms with E-state index in [1.165, 1.54) is 36.4 Å². The fraction of sp³-hybridized carbons (Fsp3) is 0.111. The number of ether oxygens (including phenoxy) is 2. The molecule has 0 radical (unpaired) electrons. The van der Waals surface area contributed by atoms with Crippen molar-refractivity contribution in [2.75, 3.05) is 14.2 Å². The molecule has 1 heterocycles. The van der Waals surface area contributed by atoms with Gasteiger partial charge in [-0.15, -0.1) is 0 Å². The summed E-state index contributed by atoms with van der Waals surface area (Å²) >= 11 is 0. The lowest BCUT2D eigenvalue weighted by Gasteiger charge is -2.11. The maximum absolute atomic E-state index is 13.3. The van der Waals surface area contributed by atoms with Crippen LogP contribution in [-0.2, 0) is 19.5 Å². The number of non-ortho nitro benzene ring substituents is 1. The van der Waals surface area contributed by atoms with Crippen LogP contribution in [0.5, 0.6) is 0 Å². The van der Waals surface area contributed by atoms with Crippen LogP contribution in [0.25, 0.3) is 10.9 Å². The first-order valence-electron chi connectivity index (χ1n) is 8.04. The van der Waals surface area contributed by atoms with Gasteiger partial charge < -0.3 is 9.47 Å². The average Bonchev–Trinajstić information content (AvgIpc) is 3.09. The molecule has 0 fully saturated rings. The second-order valence-corrected chi connectivity index (χ2v) is 7.50. The van der Waals surface area contributed by atoms with Gasteiger partial charge in [-0.25, -0.2) is 22.0 Å². The quantitative estimate of drug-likeness (QED) is 0.350. The van der Waals surface area contributed by atoms with Crippen molar-refractivity contribution in [1.29, 1.82) is 0 Å². The summed E-state index contributed by atoms with van der Waals surface area (Å²) in [5.74, 6) is -2.29. The molecule has 150 valence electrons. The van der Waals surface area contributed by atoms with E-state index in [0.29, 0.717) is 3.97 Å². The molecule has 29 heavy (non-hydrogen) atoms. The highest BCUT2D eigenvalue weighted by Gasteiger charge is 2.37. The number of carbonyl (C=O) groups excluding carboxylic acids is 2. The number of rotatable bonds is 5. The Morgan fingerprint density at radius 2 is 1.59 bits per heavy atom. The average molecular weight is 418 g/mol. The lowest BCUT2D eigenvalue weighted by molar-refractivity contribution is -0.383. The van der Waals surface area contributed by atoms with Crippen molar-refractivity contribution in [2.45, 2.75) is 4.90 Å². The van der Waals surface area contributed by atoms with E-state index in [1.54, 1.807) is 6.07 Å². The number of nitro benzene ring substituents is 1. The van der Waals surface area contributed by atoms with Gasteiger partial charge >= 0.3 is 11.9 Å². The number of benzene rings is 2. The summed E-state index contributed by atoms with van der Waals surface area (Å²) in [5, 5.41) is 11.2. The third-order valence-corrected chi connectivity index (χ3v) is 5.90. The largest absolute Gasteiger partial charge is 0.465 e. The summed E-state index contributed by atoms with van der Waals surface area (Å²) in [6.07, 6.45) is 0. The number of nitro groups is 1. The molecule has 0 atom stereocenters. The Hall–Kier alpha value is -3.73. The minimum Gasteiger partial charge on any atom is -0.465 e. The van der Waals surface area contributed by atoms with Crippen LogP contribution < -0.4 is 0 Å². The van der Waals surface area contributed by atoms with Crippen LogP contribution in [0, 0.1) is 10.1 Å². The Balaban J connectivity index is 2.60. The van der Waals surface area contributed by atoms with E-state index in [0.717, 1.165) is 20.3 Å². The van der Waals surface area contributed by atoms with Crippen molar-refractivity contribution in [3.05, 3.63) is 69.9 Å². The lowest BCUT2D eigenvalue weighted by atomic mass is 10.1. The van der Waals surface area contributed by atoms with Crippen LogP contribution >= 0.6 is 0 Å². The van der Waals surface area contributed by atoms with Crippen molar-refractivity contribution >= 4 is 38.6 Å². The summed E-state index contributed by atoms with van der Waals surface area (Å²) in [6, 6.07) is 10.7. The van der Waals surface area contributed by atoms with Crippen molar-refractivity contribution in [3.63, 3.8) is 0 Å². The number of hydrogen-bond donors (Lipinski definition) is 0. The summed E-state index contributed by atoms with van der Waals surface area (Å²) < 4.78 is 36.6. The predicted molar refractivity (Wildman–Crippen MR) is 100 cm³/mol.